The average molecular weight is 252 g/mol. The van der Waals surface area contributed by atoms with Gasteiger partial charge in [0.1, 0.15) is 5.84 Å². The minimum Gasteiger partial charge on any atom is -0.409 e. The quantitative estimate of drug-likeness (QED) is 0.354. The zero-order valence-corrected chi connectivity index (χ0v) is 11.2. The molecule has 1 rings (SSSR count). The van der Waals surface area contributed by atoms with Crippen LogP contribution in [0.3, 0.4) is 0 Å². The Balaban J connectivity index is 2.51. The fraction of sp³-hybridized carbons (Fsp3) is 0.462. The van der Waals surface area contributed by atoms with Crippen molar-refractivity contribution in [1.29, 1.82) is 0 Å². The van der Waals surface area contributed by atoms with Gasteiger partial charge < -0.3 is 10.9 Å². The van der Waals surface area contributed by atoms with Crippen molar-refractivity contribution < 1.29 is 5.21 Å². The molecule has 0 aliphatic carbocycles. The fourth-order valence-corrected chi connectivity index (χ4v) is 2.84. The van der Waals surface area contributed by atoms with Gasteiger partial charge in [0.05, 0.1) is 0 Å². The summed E-state index contributed by atoms with van der Waals surface area (Å²) in [5.41, 5.74) is 8.21. The number of nitrogens with two attached hydrogens (primary N) is 1. The minimum absolute atomic E-state index is 0.314. The normalized spacial score (nSPS) is 13.6. The third-order valence-electron chi connectivity index (χ3n) is 2.76. The zero-order chi connectivity index (χ0) is 12.7. The molecule has 1 aromatic carbocycles. The number of oxime groups is 1. The summed E-state index contributed by atoms with van der Waals surface area (Å²) in [5, 5.41) is 12.0. The molecule has 3 N–H and O–H groups in total. The van der Waals surface area contributed by atoms with Gasteiger partial charge in [-0.15, -0.1) is 0 Å². The number of nitrogens with zero attached hydrogens (tertiary/aromatic N) is 1. The standard InChI is InChI=1S/C13H20N2OS/c1-3-12(8-13(14)15-16)17-9-11-7-5-4-6-10(11)2/h4-7,12,16H,3,8-9H2,1-2H3,(H2,14,15). The number of hydrogen-bond acceptors (Lipinski definition) is 3. The molecule has 1 aromatic rings. The molecule has 3 nitrogen and oxygen atoms in total. The smallest absolute Gasteiger partial charge is 0.140 e. The van der Waals surface area contributed by atoms with Crippen molar-refractivity contribution in [1.82, 2.24) is 0 Å². The van der Waals surface area contributed by atoms with Gasteiger partial charge in [-0.3, -0.25) is 0 Å². The van der Waals surface area contributed by atoms with Crippen molar-refractivity contribution in [3.8, 4) is 0 Å². The molecule has 0 aliphatic heterocycles. The van der Waals surface area contributed by atoms with Gasteiger partial charge in [0.15, 0.2) is 0 Å². The van der Waals surface area contributed by atoms with Gasteiger partial charge in [0.25, 0.3) is 0 Å². The number of hydrogen-bond donors (Lipinski definition) is 2. The van der Waals surface area contributed by atoms with Gasteiger partial charge in [0.2, 0.25) is 0 Å². The SMILES string of the molecule is CCC(CC(N)=NO)SCc1ccccc1C. The summed E-state index contributed by atoms with van der Waals surface area (Å²) in [6, 6.07) is 8.39. The molecular weight excluding hydrogens is 232 g/mol. The largest absolute Gasteiger partial charge is 0.409 e. The number of amidine groups is 1. The Bertz CT molecular complexity index is 379. The summed E-state index contributed by atoms with van der Waals surface area (Å²) in [4.78, 5) is 0. The van der Waals surface area contributed by atoms with Gasteiger partial charge in [-0.05, 0) is 24.5 Å². The van der Waals surface area contributed by atoms with Gasteiger partial charge in [-0.25, -0.2) is 0 Å². The maximum atomic E-state index is 8.56. The maximum absolute atomic E-state index is 8.56. The summed E-state index contributed by atoms with van der Waals surface area (Å²) < 4.78 is 0. The Kier molecular flexibility index (Phi) is 5.91. The van der Waals surface area contributed by atoms with E-state index in [0.717, 1.165) is 12.2 Å². The van der Waals surface area contributed by atoms with E-state index in [2.05, 4.69) is 43.3 Å². The van der Waals surface area contributed by atoms with E-state index in [9.17, 15) is 0 Å². The fourth-order valence-electron chi connectivity index (χ4n) is 1.57. The third kappa shape index (κ3) is 4.69. The summed E-state index contributed by atoms with van der Waals surface area (Å²) in [6.45, 7) is 4.25. The van der Waals surface area contributed by atoms with E-state index < -0.39 is 0 Å². The second kappa shape index (κ2) is 7.22. The van der Waals surface area contributed by atoms with Crippen molar-refractivity contribution in [2.24, 2.45) is 10.9 Å². The molecule has 1 atom stereocenters. The number of benzene rings is 1. The first-order valence-corrected chi connectivity index (χ1v) is 6.84. The van der Waals surface area contributed by atoms with Crippen LogP contribution in [0.2, 0.25) is 0 Å². The Morgan fingerprint density at radius 1 is 1.47 bits per heavy atom. The molecule has 0 aromatic heterocycles. The first-order valence-electron chi connectivity index (χ1n) is 5.79. The van der Waals surface area contributed by atoms with Crippen LogP contribution in [0.4, 0.5) is 0 Å². The third-order valence-corrected chi connectivity index (χ3v) is 4.21. The van der Waals surface area contributed by atoms with Gasteiger partial charge in [0, 0.05) is 17.4 Å². The zero-order valence-electron chi connectivity index (χ0n) is 10.4. The van der Waals surface area contributed by atoms with Crippen molar-refractivity contribution in [2.75, 3.05) is 0 Å². The molecule has 0 amide bonds. The van der Waals surface area contributed by atoms with E-state index in [0.29, 0.717) is 17.5 Å². The highest BCUT2D eigenvalue weighted by Gasteiger charge is 2.10. The van der Waals surface area contributed by atoms with Gasteiger partial charge in [-0.1, -0.05) is 36.3 Å². The van der Waals surface area contributed by atoms with E-state index in [4.69, 9.17) is 10.9 Å². The lowest BCUT2D eigenvalue weighted by atomic mass is 10.1. The molecule has 0 radical (unpaired) electrons. The molecule has 17 heavy (non-hydrogen) atoms. The number of aryl methyl sites for hydroxylation is 1. The highest BCUT2D eigenvalue weighted by Crippen LogP contribution is 2.24. The highest BCUT2D eigenvalue weighted by molar-refractivity contribution is 7.99. The van der Waals surface area contributed by atoms with Crippen LogP contribution in [0.1, 0.15) is 30.9 Å². The van der Waals surface area contributed by atoms with Crippen molar-refractivity contribution in [3.05, 3.63) is 35.4 Å². The Labute approximate surface area is 107 Å². The van der Waals surface area contributed by atoms with Crippen LogP contribution in [0, 0.1) is 6.92 Å². The molecule has 4 heteroatoms. The van der Waals surface area contributed by atoms with E-state index in [-0.39, 0.29) is 0 Å². The van der Waals surface area contributed by atoms with Crippen molar-refractivity contribution in [2.45, 2.75) is 37.7 Å². The van der Waals surface area contributed by atoms with E-state index >= 15 is 0 Å². The predicted molar refractivity (Wildman–Crippen MR) is 74.6 cm³/mol. The Morgan fingerprint density at radius 2 is 2.18 bits per heavy atom. The molecule has 0 aliphatic rings. The lowest BCUT2D eigenvalue weighted by Gasteiger charge is -2.14. The first-order chi connectivity index (χ1) is 8.17. The molecule has 94 valence electrons. The van der Waals surface area contributed by atoms with E-state index in [1.165, 1.54) is 11.1 Å². The minimum atomic E-state index is 0.314. The molecule has 0 saturated heterocycles. The molecule has 0 heterocycles. The van der Waals surface area contributed by atoms with Crippen LogP contribution >= 0.6 is 11.8 Å². The topological polar surface area (TPSA) is 58.6 Å². The highest BCUT2D eigenvalue weighted by atomic mass is 32.2. The molecule has 0 spiro atoms. The van der Waals surface area contributed by atoms with Crippen LogP contribution in [0.5, 0.6) is 0 Å². The summed E-state index contributed by atoms with van der Waals surface area (Å²) >= 11 is 1.86. The number of rotatable bonds is 6. The summed E-state index contributed by atoms with van der Waals surface area (Å²) in [6.07, 6.45) is 1.66. The van der Waals surface area contributed by atoms with Gasteiger partial charge >= 0.3 is 0 Å². The van der Waals surface area contributed by atoms with Crippen LogP contribution < -0.4 is 5.73 Å². The van der Waals surface area contributed by atoms with Crippen LogP contribution in [-0.4, -0.2) is 16.3 Å². The van der Waals surface area contributed by atoms with Crippen molar-refractivity contribution in [3.63, 3.8) is 0 Å². The lowest BCUT2D eigenvalue weighted by Crippen LogP contribution is -2.18. The molecule has 1 unspecified atom stereocenters. The summed E-state index contributed by atoms with van der Waals surface area (Å²) in [5.74, 6) is 1.29. The van der Waals surface area contributed by atoms with E-state index in [1.807, 2.05) is 11.8 Å². The lowest BCUT2D eigenvalue weighted by molar-refractivity contribution is 0.316. The molecule has 0 saturated carbocycles. The van der Waals surface area contributed by atoms with Crippen LogP contribution in [0.25, 0.3) is 0 Å². The molecule has 0 fully saturated rings. The average Bonchev–Trinajstić information content (AvgIpc) is 2.35. The molecule has 0 bridgehead atoms. The second-order valence-corrected chi connectivity index (χ2v) is 5.35. The van der Waals surface area contributed by atoms with Crippen LogP contribution in [0.15, 0.2) is 29.4 Å². The van der Waals surface area contributed by atoms with E-state index in [1.54, 1.807) is 0 Å². The first kappa shape index (κ1) is 13.9. The Morgan fingerprint density at radius 3 is 2.76 bits per heavy atom. The Hall–Kier alpha value is -1.16. The van der Waals surface area contributed by atoms with Crippen LogP contribution in [-0.2, 0) is 5.75 Å². The van der Waals surface area contributed by atoms with Gasteiger partial charge in [-0.2, -0.15) is 11.8 Å². The second-order valence-electron chi connectivity index (χ2n) is 4.06. The molecular formula is C13H20N2OS. The van der Waals surface area contributed by atoms with Crippen molar-refractivity contribution >= 4 is 17.6 Å². The number of thioether (sulfide) groups is 1. The monoisotopic (exact) mass is 252 g/mol. The maximum Gasteiger partial charge on any atom is 0.140 e. The predicted octanol–water partition coefficient (Wildman–Crippen LogP) is 3.14. The summed E-state index contributed by atoms with van der Waals surface area (Å²) in [7, 11) is 0.